The Morgan fingerprint density at radius 2 is 2.07 bits per heavy atom. The van der Waals surface area contributed by atoms with Crippen molar-refractivity contribution in [3.05, 3.63) is 56.4 Å². The van der Waals surface area contributed by atoms with Crippen LogP contribution in [-0.4, -0.2) is 5.11 Å². The maximum Gasteiger partial charge on any atom is 0.137 e. The summed E-state index contributed by atoms with van der Waals surface area (Å²) in [5.41, 5.74) is 1.51. The van der Waals surface area contributed by atoms with E-state index in [-0.39, 0.29) is 5.82 Å². The second kappa shape index (κ2) is 4.43. The summed E-state index contributed by atoms with van der Waals surface area (Å²) in [6.07, 6.45) is -0.687. The normalized spacial score (nSPS) is 12.7. The van der Waals surface area contributed by atoms with Crippen LogP contribution in [-0.2, 0) is 0 Å². The predicted octanol–water partition coefficient (Wildman–Crippen LogP) is 3.73. The molecule has 1 aromatic heterocycles. The van der Waals surface area contributed by atoms with Gasteiger partial charge in [0.15, 0.2) is 0 Å². The summed E-state index contributed by atoms with van der Waals surface area (Å²) in [5, 5.41) is 13.7. The predicted molar refractivity (Wildman–Crippen MR) is 62.5 cm³/mol. The Hall–Kier alpha value is -0.710. The van der Waals surface area contributed by atoms with Crippen molar-refractivity contribution >= 4 is 27.3 Å². The summed E-state index contributed by atoms with van der Waals surface area (Å²) in [6, 6.07) is 6.38. The fourth-order valence-electron chi connectivity index (χ4n) is 1.31. The average Bonchev–Trinajstić information content (AvgIpc) is 2.74. The fourth-order valence-corrected chi connectivity index (χ4v) is 2.38. The molecule has 1 aromatic carbocycles. The van der Waals surface area contributed by atoms with Gasteiger partial charge in [-0.2, -0.15) is 11.3 Å². The molecule has 0 amide bonds. The lowest BCUT2D eigenvalue weighted by Crippen LogP contribution is -1.98. The van der Waals surface area contributed by atoms with E-state index in [1.807, 2.05) is 16.8 Å². The summed E-state index contributed by atoms with van der Waals surface area (Å²) in [7, 11) is 0. The van der Waals surface area contributed by atoms with Gasteiger partial charge < -0.3 is 5.11 Å². The van der Waals surface area contributed by atoms with E-state index in [9.17, 15) is 9.50 Å². The molecule has 15 heavy (non-hydrogen) atoms. The van der Waals surface area contributed by atoms with Crippen LogP contribution in [0.25, 0.3) is 0 Å². The number of hydrogen-bond acceptors (Lipinski definition) is 2. The molecule has 0 aliphatic carbocycles. The second-order valence-corrected chi connectivity index (χ2v) is 4.77. The lowest BCUT2D eigenvalue weighted by Gasteiger charge is -2.09. The van der Waals surface area contributed by atoms with Crippen molar-refractivity contribution in [2.75, 3.05) is 0 Å². The van der Waals surface area contributed by atoms with E-state index in [1.165, 1.54) is 17.4 Å². The quantitative estimate of drug-likeness (QED) is 0.892. The van der Waals surface area contributed by atoms with Gasteiger partial charge in [-0.3, -0.25) is 0 Å². The molecule has 0 saturated heterocycles. The van der Waals surface area contributed by atoms with Crippen molar-refractivity contribution in [3.63, 3.8) is 0 Å². The first-order valence-corrected chi connectivity index (χ1v) is 6.07. The van der Waals surface area contributed by atoms with Gasteiger partial charge in [-0.1, -0.05) is 6.07 Å². The van der Waals surface area contributed by atoms with Gasteiger partial charge in [0.1, 0.15) is 11.9 Å². The van der Waals surface area contributed by atoms with Crippen molar-refractivity contribution in [2.24, 2.45) is 0 Å². The van der Waals surface area contributed by atoms with E-state index in [0.29, 0.717) is 10.0 Å². The standard InChI is InChI=1S/C11H8BrFOS/c12-9-5-7(1-2-10(9)13)11(14)8-3-4-15-6-8/h1-6,11,14H. The number of thiophene rings is 1. The molecule has 0 aliphatic heterocycles. The van der Waals surface area contributed by atoms with Crippen LogP contribution in [0.4, 0.5) is 4.39 Å². The molecule has 0 aliphatic rings. The zero-order chi connectivity index (χ0) is 10.8. The van der Waals surface area contributed by atoms with Gasteiger partial charge in [-0.25, -0.2) is 4.39 Å². The molecule has 0 radical (unpaired) electrons. The van der Waals surface area contributed by atoms with Gasteiger partial charge >= 0.3 is 0 Å². The molecule has 1 nitrogen and oxygen atoms in total. The van der Waals surface area contributed by atoms with E-state index in [2.05, 4.69) is 15.9 Å². The van der Waals surface area contributed by atoms with Crippen LogP contribution >= 0.6 is 27.3 Å². The highest BCUT2D eigenvalue weighted by Gasteiger charge is 2.12. The monoisotopic (exact) mass is 286 g/mol. The highest BCUT2D eigenvalue weighted by molar-refractivity contribution is 9.10. The Bertz CT molecular complexity index is 456. The zero-order valence-electron chi connectivity index (χ0n) is 7.65. The Morgan fingerprint density at radius 1 is 1.27 bits per heavy atom. The lowest BCUT2D eigenvalue weighted by atomic mass is 10.0. The van der Waals surface area contributed by atoms with Crippen molar-refractivity contribution in [1.82, 2.24) is 0 Å². The molecule has 0 saturated carbocycles. The first-order chi connectivity index (χ1) is 7.18. The Morgan fingerprint density at radius 3 is 2.67 bits per heavy atom. The third-order valence-electron chi connectivity index (χ3n) is 2.12. The van der Waals surface area contributed by atoms with E-state index >= 15 is 0 Å². The van der Waals surface area contributed by atoms with Crippen molar-refractivity contribution in [3.8, 4) is 0 Å². The summed E-state index contributed by atoms with van der Waals surface area (Å²) >= 11 is 4.62. The average molecular weight is 287 g/mol. The minimum atomic E-state index is -0.687. The Labute approximate surface area is 99.3 Å². The molecule has 1 atom stereocenters. The third-order valence-corrected chi connectivity index (χ3v) is 3.43. The topological polar surface area (TPSA) is 20.2 Å². The summed E-state index contributed by atoms with van der Waals surface area (Å²) in [5.74, 6) is -0.323. The minimum absolute atomic E-state index is 0.323. The SMILES string of the molecule is OC(c1ccsc1)c1ccc(F)c(Br)c1. The highest BCUT2D eigenvalue weighted by atomic mass is 79.9. The lowest BCUT2D eigenvalue weighted by molar-refractivity contribution is 0.220. The molecule has 4 heteroatoms. The molecular weight excluding hydrogens is 279 g/mol. The number of aliphatic hydroxyl groups excluding tert-OH is 1. The molecular formula is C11H8BrFOS. The number of hydrogen-bond donors (Lipinski definition) is 1. The molecule has 1 heterocycles. The van der Waals surface area contributed by atoms with Gasteiger partial charge in [-0.15, -0.1) is 0 Å². The van der Waals surface area contributed by atoms with Crippen molar-refractivity contribution in [1.29, 1.82) is 0 Å². The van der Waals surface area contributed by atoms with Gasteiger partial charge in [-0.05, 0) is 56.0 Å². The smallest absolute Gasteiger partial charge is 0.137 e. The third kappa shape index (κ3) is 2.27. The van der Waals surface area contributed by atoms with Crippen molar-refractivity contribution < 1.29 is 9.50 Å². The van der Waals surface area contributed by atoms with E-state index in [1.54, 1.807) is 12.1 Å². The van der Waals surface area contributed by atoms with Gasteiger partial charge in [0, 0.05) is 0 Å². The Balaban J connectivity index is 2.34. The maximum atomic E-state index is 13.0. The summed E-state index contributed by atoms with van der Waals surface area (Å²) < 4.78 is 13.3. The van der Waals surface area contributed by atoms with Crippen molar-refractivity contribution in [2.45, 2.75) is 6.10 Å². The minimum Gasteiger partial charge on any atom is -0.384 e. The number of benzene rings is 1. The van der Waals surface area contributed by atoms with Crippen LogP contribution in [0.2, 0.25) is 0 Å². The number of aliphatic hydroxyl groups is 1. The maximum absolute atomic E-state index is 13.0. The van der Waals surface area contributed by atoms with Crippen LogP contribution in [0.3, 0.4) is 0 Å². The Kier molecular flexibility index (Phi) is 3.19. The molecule has 2 rings (SSSR count). The molecule has 0 bridgehead atoms. The fraction of sp³-hybridized carbons (Fsp3) is 0.0909. The largest absolute Gasteiger partial charge is 0.384 e. The van der Waals surface area contributed by atoms with E-state index < -0.39 is 6.10 Å². The molecule has 78 valence electrons. The van der Waals surface area contributed by atoms with Gasteiger partial charge in [0.2, 0.25) is 0 Å². The zero-order valence-corrected chi connectivity index (χ0v) is 10.1. The van der Waals surface area contributed by atoms with Crippen LogP contribution in [0, 0.1) is 5.82 Å². The summed E-state index contributed by atoms with van der Waals surface area (Å²) in [4.78, 5) is 0. The first kappa shape index (κ1) is 10.8. The van der Waals surface area contributed by atoms with Gasteiger partial charge in [0.25, 0.3) is 0 Å². The van der Waals surface area contributed by atoms with E-state index in [0.717, 1.165) is 5.56 Å². The van der Waals surface area contributed by atoms with Crippen LogP contribution in [0.5, 0.6) is 0 Å². The van der Waals surface area contributed by atoms with E-state index in [4.69, 9.17) is 0 Å². The molecule has 0 fully saturated rings. The van der Waals surface area contributed by atoms with Crippen LogP contribution < -0.4 is 0 Å². The van der Waals surface area contributed by atoms with Crippen LogP contribution in [0.1, 0.15) is 17.2 Å². The second-order valence-electron chi connectivity index (χ2n) is 3.13. The highest BCUT2D eigenvalue weighted by Crippen LogP contribution is 2.27. The number of halogens is 2. The molecule has 0 spiro atoms. The van der Waals surface area contributed by atoms with Crippen LogP contribution in [0.15, 0.2) is 39.5 Å². The molecule has 1 N–H and O–H groups in total. The van der Waals surface area contributed by atoms with Gasteiger partial charge in [0.05, 0.1) is 4.47 Å². The first-order valence-electron chi connectivity index (χ1n) is 4.33. The molecule has 2 aromatic rings. The summed E-state index contributed by atoms with van der Waals surface area (Å²) in [6.45, 7) is 0. The number of rotatable bonds is 2. The molecule has 1 unspecified atom stereocenters.